The molecule has 1 aromatic rings. The lowest BCUT2D eigenvalue weighted by atomic mass is 9.91. The van der Waals surface area contributed by atoms with Crippen LogP contribution in [0.2, 0.25) is 0 Å². The zero-order valence-electron chi connectivity index (χ0n) is 10.9. The van der Waals surface area contributed by atoms with Crippen molar-refractivity contribution in [3.63, 3.8) is 0 Å². The van der Waals surface area contributed by atoms with E-state index in [-0.39, 0.29) is 17.5 Å². The average Bonchev–Trinajstić information content (AvgIpc) is 2.92. The number of anilines is 1. The second kappa shape index (κ2) is 3.38. The molecular formula is C15H16N2O2. The van der Waals surface area contributed by atoms with E-state index in [2.05, 4.69) is 0 Å². The molecule has 0 bridgehead atoms. The van der Waals surface area contributed by atoms with Crippen LogP contribution in [0.5, 0.6) is 0 Å². The predicted molar refractivity (Wildman–Crippen MR) is 70.7 cm³/mol. The Morgan fingerprint density at radius 3 is 2.89 bits per heavy atom. The highest BCUT2D eigenvalue weighted by Crippen LogP contribution is 2.54. The van der Waals surface area contributed by atoms with Crippen molar-refractivity contribution in [2.75, 3.05) is 11.9 Å². The summed E-state index contributed by atoms with van der Waals surface area (Å²) in [4.78, 5) is 28.7. The summed E-state index contributed by atoms with van der Waals surface area (Å²) in [6, 6.07) is 7.48. The van der Waals surface area contributed by atoms with Gasteiger partial charge in [0.05, 0.1) is 11.3 Å². The van der Waals surface area contributed by atoms with Crippen LogP contribution < -0.4 is 4.90 Å². The Labute approximate surface area is 112 Å². The van der Waals surface area contributed by atoms with Gasteiger partial charge in [0.25, 0.3) is 5.91 Å². The van der Waals surface area contributed by atoms with Crippen LogP contribution in [0.3, 0.4) is 0 Å². The highest BCUT2D eigenvalue weighted by molar-refractivity contribution is 6.10. The molecule has 2 aliphatic heterocycles. The molecule has 2 heterocycles. The first-order valence-electron chi connectivity index (χ1n) is 6.86. The third kappa shape index (κ3) is 1.10. The summed E-state index contributed by atoms with van der Waals surface area (Å²) in [6.45, 7) is 0. The van der Waals surface area contributed by atoms with E-state index in [9.17, 15) is 9.59 Å². The summed E-state index contributed by atoms with van der Waals surface area (Å²) in [6.07, 6.45) is 3.61. The van der Waals surface area contributed by atoms with E-state index in [0.717, 1.165) is 24.9 Å². The van der Waals surface area contributed by atoms with E-state index < -0.39 is 0 Å². The Morgan fingerprint density at radius 2 is 2.05 bits per heavy atom. The first-order valence-corrected chi connectivity index (χ1v) is 6.86. The Balaban J connectivity index is 2.00. The first kappa shape index (κ1) is 11.0. The van der Waals surface area contributed by atoms with Gasteiger partial charge in [-0.2, -0.15) is 0 Å². The topological polar surface area (TPSA) is 40.6 Å². The van der Waals surface area contributed by atoms with Gasteiger partial charge in [-0.1, -0.05) is 12.1 Å². The number of amides is 2. The molecule has 2 amide bonds. The number of hydrogen-bond donors (Lipinski definition) is 0. The van der Waals surface area contributed by atoms with E-state index in [0.29, 0.717) is 17.9 Å². The molecule has 4 nitrogen and oxygen atoms in total. The van der Waals surface area contributed by atoms with Gasteiger partial charge in [0.15, 0.2) is 0 Å². The molecule has 2 fully saturated rings. The van der Waals surface area contributed by atoms with Gasteiger partial charge in [-0.25, -0.2) is 0 Å². The number of para-hydroxylation sites is 1. The van der Waals surface area contributed by atoms with Gasteiger partial charge in [0.1, 0.15) is 5.66 Å². The SMILES string of the molecule is CN1C(=O)c2ccccc2N2C(=O)CC3CCCC312. The van der Waals surface area contributed by atoms with Crippen LogP contribution in [0.1, 0.15) is 36.0 Å². The zero-order chi connectivity index (χ0) is 13.2. The van der Waals surface area contributed by atoms with Crippen molar-refractivity contribution in [1.82, 2.24) is 4.90 Å². The van der Waals surface area contributed by atoms with Gasteiger partial charge in [-0.05, 0) is 31.4 Å². The first-order chi connectivity index (χ1) is 9.16. The largest absolute Gasteiger partial charge is 0.318 e. The highest BCUT2D eigenvalue weighted by Gasteiger charge is 2.61. The summed E-state index contributed by atoms with van der Waals surface area (Å²) in [5, 5.41) is 0. The van der Waals surface area contributed by atoms with Gasteiger partial charge in [-0.3, -0.25) is 14.5 Å². The molecule has 98 valence electrons. The van der Waals surface area contributed by atoms with Crippen molar-refractivity contribution in [2.45, 2.75) is 31.3 Å². The molecule has 1 saturated heterocycles. The van der Waals surface area contributed by atoms with Gasteiger partial charge in [0, 0.05) is 19.4 Å². The monoisotopic (exact) mass is 256 g/mol. The quantitative estimate of drug-likeness (QED) is 0.712. The maximum atomic E-state index is 12.6. The number of carbonyl (C=O) groups excluding carboxylic acids is 2. The van der Waals surface area contributed by atoms with Crippen molar-refractivity contribution in [3.05, 3.63) is 29.8 Å². The van der Waals surface area contributed by atoms with Crippen molar-refractivity contribution < 1.29 is 9.59 Å². The standard InChI is InChI=1S/C15H16N2O2/c1-16-14(19)11-6-2-3-7-12(11)17-13(18)9-10-5-4-8-15(10,16)17/h2-3,6-7,10H,4-5,8-9H2,1H3. The number of fused-ring (bicyclic) bond motifs is 2. The summed E-state index contributed by atoms with van der Waals surface area (Å²) in [7, 11) is 1.85. The Kier molecular flexibility index (Phi) is 1.96. The van der Waals surface area contributed by atoms with Crippen LogP contribution in [0.15, 0.2) is 24.3 Å². The number of nitrogens with zero attached hydrogens (tertiary/aromatic N) is 2. The van der Waals surface area contributed by atoms with Crippen LogP contribution in [0.25, 0.3) is 0 Å². The molecule has 3 aliphatic rings. The lowest BCUT2D eigenvalue weighted by Crippen LogP contribution is -2.63. The Morgan fingerprint density at radius 1 is 1.26 bits per heavy atom. The summed E-state index contributed by atoms with van der Waals surface area (Å²) >= 11 is 0. The van der Waals surface area contributed by atoms with Crippen LogP contribution in [-0.4, -0.2) is 29.4 Å². The summed E-state index contributed by atoms with van der Waals surface area (Å²) < 4.78 is 0. The molecule has 0 aromatic heterocycles. The fourth-order valence-electron chi connectivity index (χ4n) is 4.26. The Bertz CT molecular complexity index is 598. The van der Waals surface area contributed by atoms with E-state index in [1.54, 1.807) is 0 Å². The fourth-order valence-corrected chi connectivity index (χ4v) is 4.26. The zero-order valence-corrected chi connectivity index (χ0v) is 10.9. The minimum atomic E-state index is -0.386. The smallest absolute Gasteiger partial charge is 0.257 e. The fraction of sp³-hybridized carbons (Fsp3) is 0.467. The lowest BCUT2D eigenvalue weighted by Gasteiger charge is -2.49. The Hall–Kier alpha value is -1.84. The molecule has 2 atom stereocenters. The van der Waals surface area contributed by atoms with Crippen molar-refractivity contribution in [1.29, 1.82) is 0 Å². The third-order valence-corrected chi connectivity index (χ3v) is 5.07. The molecular weight excluding hydrogens is 240 g/mol. The van der Waals surface area contributed by atoms with E-state index in [1.165, 1.54) is 0 Å². The molecule has 19 heavy (non-hydrogen) atoms. The van der Waals surface area contributed by atoms with Crippen LogP contribution in [0, 0.1) is 5.92 Å². The number of benzene rings is 1. The van der Waals surface area contributed by atoms with E-state index in [4.69, 9.17) is 0 Å². The van der Waals surface area contributed by atoms with Crippen LogP contribution >= 0.6 is 0 Å². The molecule has 4 rings (SSSR count). The van der Waals surface area contributed by atoms with Gasteiger partial charge in [-0.15, -0.1) is 0 Å². The van der Waals surface area contributed by atoms with Gasteiger partial charge >= 0.3 is 0 Å². The minimum Gasteiger partial charge on any atom is -0.318 e. The van der Waals surface area contributed by atoms with Gasteiger partial charge < -0.3 is 4.90 Å². The number of carbonyl (C=O) groups is 2. The molecule has 4 heteroatoms. The molecule has 0 radical (unpaired) electrons. The van der Waals surface area contributed by atoms with Crippen molar-refractivity contribution >= 4 is 17.5 Å². The number of hydrogen-bond acceptors (Lipinski definition) is 2. The molecule has 1 saturated carbocycles. The predicted octanol–water partition coefficient (Wildman–Crippen LogP) is 2.01. The van der Waals surface area contributed by atoms with E-state index >= 15 is 0 Å². The normalized spacial score (nSPS) is 32.4. The van der Waals surface area contributed by atoms with Crippen molar-refractivity contribution in [2.24, 2.45) is 5.92 Å². The second-order valence-electron chi connectivity index (χ2n) is 5.78. The summed E-state index contributed by atoms with van der Waals surface area (Å²) in [5.74, 6) is 0.507. The molecule has 1 spiro atoms. The molecule has 0 N–H and O–H groups in total. The van der Waals surface area contributed by atoms with E-state index in [1.807, 2.05) is 41.1 Å². The van der Waals surface area contributed by atoms with Crippen LogP contribution in [-0.2, 0) is 4.79 Å². The van der Waals surface area contributed by atoms with Gasteiger partial charge in [0.2, 0.25) is 5.91 Å². The average molecular weight is 256 g/mol. The van der Waals surface area contributed by atoms with Crippen molar-refractivity contribution in [3.8, 4) is 0 Å². The minimum absolute atomic E-state index is 0.0495. The van der Waals surface area contributed by atoms with Crippen LogP contribution in [0.4, 0.5) is 5.69 Å². The summed E-state index contributed by atoms with van der Waals surface area (Å²) in [5.41, 5.74) is 1.07. The third-order valence-electron chi connectivity index (χ3n) is 5.07. The molecule has 1 aromatic carbocycles. The lowest BCUT2D eigenvalue weighted by molar-refractivity contribution is -0.118. The maximum absolute atomic E-state index is 12.6. The maximum Gasteiger partial charge on any atom is 0.257 e. The second-order valence-corrected chi connectivity index (χ2v) is 5.78. The number of rotatable bonds is 0. The molecule has 2 unspecified atom stereocenters. The highest BCUT2D eigenvalue weighted by atomic mass is 16.2. The molecule has 1 aliphatic carbocycles.